The monoisotopic (exact) mass is 224 g/mol. The van der Waals surface area contributed by atoms with Crippen LogP contribution >= 0.6 is 0 Å². The van der Waals surface area contributed by atoms with Crippen LogP contribution in [0.3, 0.4) is 0 Å². The standard InChI is InChI=1S/C9H20O6/c10-2-5-14-4-1-9(7-12,8-13)15-6-3-11/h10-13H,1-8H2. The van der Waals surface area contributed by atoms with Gasteiger partial charge in [-0.15, -0.1) is 0 Å². The lowest BCUT2D eigenvalue weighted by atomic mass is 10.0. The fourth-order valence-electron chi connectivity index (χ4n) is 1.06. The van der Waals surface area contributed by atoms with Crippen molar-refractivity contribution >= 4 is 0 Å². The van der Waals surface area contributed by atoms with E-state index in [1.165, 1.54) is 0 Å². The Labute approximate surface area is 89.1 Å². The zero-order valence-corrected chi connectivity index (χ0v) is 8.76. The van der Waals surface area contributed by atoms with Crippen LogP contribution in [-0.4, -0.2) is 72.3 Å². The molecule has 0 bridgehead atoms. The Balaban J connectivity index is 3.88. The summed E-state index contributed by atoms with van der Waals surface area (Å²) in [6.45, 7) is -0.374. The molecule has 0 aromatic heterocycles. The van der Waals surface area contributed by atoms with Crippen LogP contribution in [0.4, 0.5) is 0 Å². The number of aliphatic hydroxyl groups is 4. The molecule has 0 unspecified atom stereocenters. The summed E-state index contributed by atoms with van der Waals surface area (Å²) < 4.78 is 10.2. The highest BCUT2D eigenvalue weighted by Gasteiger charge is 2.29. The molecule has 4 N–H and O–H groups in total. The van der Waals surface area contributed by atoms with Crippen molar-refractivity contribution in [1.82, 2.24) is 0 Å². The number of rotatable bonds is 10. The minimum Gasteiger partial charge on any atom is -0.394 e. The highest BCUT2D eigenvalue weighted by molar-refractivity contribution is 4.79. The molecule has 0 aliphatic heterocycles. The average molecular weight is 224 g/mol. The van der Waals surface area contributed by atoms with Gasteiger partial charge in [-0.05, 0) is 0 Å². The molecule has 0 amide bonds. The second-order valence-electron chi connectivity index (χ2n) is 3.16. The van der Waals surface area contributed by atoms with Gasteiger partial charge in [0.05, 0.1) is 39.6 Å². The minimum absolute atomic E-state index is 0.0567. The first kappa shape index (κ1) is 14.8. The van der Waals surface area contributed by atoms with Crippen LogP contribution < -0.4 is 0 Å². The smallest absolute Gasteiger partial charge is 0.116 e. The van der Waals surface area contributed by atoms with Gasteiger partial charge >= 0.3 is 0 Å². The molecule has 0 radical (unpaired) electrons. The van der Waals surface area contributed by atoms with Crippen LogP contribution in [-0.2, 0) is 9.47 Å². The Kier molecular flexibility index (Phi) is 8.88. The van der Waals surface area contributed by atoms with Crippen LogP contribution in [0.15, 0.2) is 0 Å². The van der Waals surface area contributed by atoms with Gasteiger partial charge in [0.25, 0.3) is 0 Å². The van der Waals surface area contributed by atoms with E-state index in [-0.39, 0.29) is 46.2 Å². The molecular weight excluding hydrogens is 204 g/mol. The molecule has 0 atom stereocenters. The lowest BCUT2D eigenvalue weighted by molar-refractivity contribution is -0.128. The molecule has 92 valence electrons. The lowest BCUT2D eigenvalue weighted by Gasteiger charge is -2.29. The summed E-state index contributed by atoms with van der Waals surface area (Å²) in [5.41, 5.74) is -1.07. The first-order chi connectivity index (χ1) is 7.24. The molecule has 0 rings (SSSR count). The van der Waals surface area contributed by atoms with Crippen LogP contribution in [0.1, 0.15) is 6.42 Å². The third kappa shape index (κ3) is 6.03. The van der Waals surface area contributed by atoms with Gasteiger partial charge in [0, 0.05) is 13.0 Å². The van der Waals surface area contributed by atoms with Crippen molar-refractivity contribution in [3.63, 3.8) is 0 Å². The largest absolute Gasteiger partial charge is 0.394 e. The van der Waals surface area contributed by atoms with Crippen molar-refractivity contribution in [2.45, 2.75) is 12.0 Å². The Bertz CT molecular complexity index is 137. The topological polar surface area (TPSA) is 99.4 Å². The van der Waals surface area contributed by atoms with E-state index in [9.17, 15) is 0 Å². The highest BCUT2D eigenvalue weighted by Crippen LogP contribution is 2.14. The van der Waals surface area contributed by atoms with E-state index in [1.807, 2.05) is 0 Å². The van der Waals surface area contributed by atoms with E-state index < -0.39 is 5.60 Å². The van der Waals surface area contributed by atoms with E-state index >= 15 is 0 Å². The van der Waals surface area contributed by atoms with E-state index in [0.29, 0.717) is 6.42 Å². The summed E-state index contributed by atoms with van der Waals surface area (Å²) in [6, 6.07) is 0. The zero-order chi connectivity index (χ0) is 11.6. The molecule has 0 saturated heterocycles. The second kappa shape index (κ2) is 9.02. The van der Waals surface area contributed by atoms with Gasteiger partial charge in [-0.2, -0.15) is 0 Å². The molecule has 0 aromatic rings. The number of hydrogen-bond acceptors (Lipinski definition) is 6. The SMILES string of the molecule is OCCOCCC(CO)(CO)OCCO. The predicted molar refractivity (Wildman–Crippen MR) is 52.5 cm³/mol. The summed E-state index contributed by atoms with van der Waals surface area (Å²) in [4.78, 5) is 0. The van der Waals surface area contributed by atoms with E-state index in [4.69, 9.17) is 29.9 Å². The van der Waals surface area contributed by atoms with Gasteiger partial charge in [0.1, 0.15) is 5.60 Å². The zero-order valence-electron chi connectivity index (χ0n) is 8.76. The number of ether oxygens (including phenoxy) is 2. The minimum atomic E-state index is -1.07. The Hall–Kier alpha value is -0.240. The van der Waals surface area contributed by atoms with Gasteiger partial charge < -0.3 is 29.9 Å². The molecule has 0 fully saturated rings. The van der Waals surface area contributed by atoms with Crippen LogP contribution in [0.5, 0.6) is 0 Å². The normalized spacial score (nSPS) is 12.0. The van der Waals surface area contributed by atoms with E-state index in [0.717, 1.165) is 0 Å². The van der Waals surface area contributed by atoms with Gasteiger partial charge in [-0.3, -0.25) is 0 Å². The van der Waals surface area contributed by atoms with Crippen molar-refractivity contribution < 1.29 is 29.9 Å². The fourth-order valence-corrected chi connectivity index (χ4v) is 1.06. The molecule has 0 spiro atoms. The van der Waals surface area contributed by atoms with Crippen molar-refractivity contribution in [2.24, 2.45) is 0 Å². The Morgan fingerprint density at radius 3 is 1.87 bits per heavy atom. The maximum Gasteiger partial charge on any atom is 0.116 e. The summed E-state index contributed by atoms with van der Waals surface area (Å²) in [6.07, 6.45) is 0.306. The van der Waals surface area contributed by atoms with Crippen LogP contribution in [0.2, 0.25) is 0 Å². The number of aliphatic hydroxyl groups excluding tert-OH is 4. The molecule has 0 saturated carbocycles. The van der Waals surface area contributed by atoms with Crippen LogP contribution in [0, 0.1) is 0 Å². The quantitative estimate of drug-likeness (QED) is 0.324. The average Bonchev–Trinajstić information content (AvgIpc) is 2.29. The third-order valence-corrected chi connectivity index (χ3v) is 2.01. The summed E-state index contributed by atoms with van der Waals surface area (Å²) in [5.74, 6) is 0. The van der Waals surface area contributed by atoms with Crippen molar-refractivity contribution in [3.05, 3.63) is 0 Å². The van der Waals surface area contributed by atoms with Crippen molar-refractivity contribution in [1.29, 1.82) is 0 Å². The van der Waals surface area contributed by atoms with Gasteiger partial charge in [0.15, 0.2) is 0 Å². The fraction of sp³-hybridized carbons (Fsp3) is 1.00. The van der Waals surface area contributed by atoms with Gasteiger partial charge in [-0.25, -0.2) is 0 Å². The molecule has 6 heteroatoms. The van der Waals surface area contributed by atoms with Crippen molar-refractivity contribution in [3.8, 4) is 0 Å². The van der Waals surface area contributed by atoms with E-state index in [1.54, 1.807) is 0 Å². The highest BCUT2D eigenvalue weighted by atomic mass is 16.5. The van der Waals surface area contributed by atoms with E-state index in [2.05, 4.69) is 0 Å². The molecule has 6 nitrogen and oxygen atoms in total. The first-order valence-corrected chi connectivity index (χ1v) is 4.90. The van der Waals surface area contributed by atoms with Gasteiger partial charge in [0.2, 0.25) is 0 Å². The third-order valence-electron chi connectivity index (χ3n) is 2.01. The first-order valence-electron chi connectivity index (χ1n) is 4.90. The molecule has 0 aliphatic carbocycles. The molecular formula is C9H20O6. The molecule has 15 heavy (non-hydrogen) atoms. The summed E-state index contributed by atoms with van der Waals surface area (Å²) in [7, 11) is 0. The lowest BCUT2D eigenvalue weighted by Crippen LogP contribution is -2.42. The second-order valence-corrected chi connectivity index (χ2v) is 3.16. The molecule has 0 aliphatic rings. The Morgan fingerprint density at radius 2 is 1.40 bits per heavy atom. The molecule has 0 aromatic carbocycles. The molecule has 0 heterocycles. The Morgan fingerprint density at radius 1 is 0.800 bits per heavy atom. The van der Waals surface area contributed by atoms with Crippen LogP contribution in [0.25, 0.3) is 0 Å². The maximum absolute atomic E-state index is 9.09. The summed E-state index contributed by atoms with van der Waals surface area (Å²) >= 11 is 0. The van der Waals surface area contributed by atoms with Gasteiger partial charge in [-0.1, -0.05) is 0 Å². The number of hydrogen-bond donors (Lipinski definition) is 4. The summed E-state index contributed by atoms with van der Waals surface area (Å²) in [5, 5.41) is 35.2. The van der Waals surface area contributed by atoms with Crippen molar-refractivity contribution in [2.75, 3.05) is 46.2 Å². The predicted octanol–water partition coefficient (Wildman–Crippen LogP) is -1.88. The maximum atomic E-state index is 9.09.